The first-order valence-electron chi connectivity index (χ1n) is 17.6. The Hall–Kier alpha value is -4.42. The number of hydrogen-bond acceptors (Lipinski definition) is 8. The fraction of sp³-hybridized carbons (Fsp3) is 0.366. The fourth-order valence-electron chi connectivity index (χ4n) is 6.48. The molecule has 0 saturated carbocycles. The summed E-state index contributed by atoms with van der Waals surface area (Å²) in [7, 11) is 1.69. The average molecular weight is 847 g/mol. The molecule has 2 aromatic heterocycles. The summed E-state index contributed by atoms with van der Waals surface area (Å²) in [5.74, 6) is 0.657. The Balaban J connectivity index is 0.000000204. The Kier molecular flexibility index (Phi) is 12.5. The number of phenolic OH excluding ortho intramolecular Hbond substituents is 1. The van der Waals surface area contributed by atoms with E-state index in [9.17, 15) is 14.7 Å². The molecule has 0 unspecified atom stereocenters. The van der Waals surface area contributed by atoms with Gasteiger partial charge >= 0.3 is 0 Å². The Morgan fingerprint density at radius 1 is 0.660 bits per heavy atom. The molecule has 0 spiro atoms. The van der Waals surface area contributed by atoms with Crippen molar-refractivity contribution in [2.45, 2.75) is 91.1 Å². The van der Waals surface area contributed by atoms with E-state index < -0.39 is 0 Å². The van der Waals surface area contributed by atoms with Gasteiger partial charge in [0.25, 0.3) is 11.8 Å². The maximum absolute atomic E-state index is 12.5. The molecule has 2 aliphatic carbocycles. The topological polar surface area (TPSA) is 139 Å². The van der Waals surface area contributed by atoms with Crippen LogP contribution in [0.3, 0.4) is 0 Å². The van der Waals surface area contributed by atoms with Crippen molar-refractivity contribution in [3.05, 3.63) is 104 Å². The van der Waals surface area contributed by atoms with Gasteiger partial charge in [-0.3, -0.25) is 9.59 Å². The van der Waals surface area contributed by atoms with Crippen molar-refractivity contribution in [1.29, 1.82) is 0 Å². The SMILES string of the molecule is CC(C)(C)NC(=O)c1cc(C2=C(c3cc(Br)ccc3O)CCC2)cnn1.COc1ccc(Br)cc1C1=C(c2cnnc(C(=O)NC(C)(C)C)c2)CCC1. The van der Waals surface area contributed by atoms with E-state index in [1.165, 1.54) is 11.1 Å². The molecular formula is C41H46Br2N6O4. The third kappa shape index (κ3) is 10.4. The summed E-state index contributed by atoms with van der Waals surface area (Å²) in [6.45, 7) is 11.6. The van der Waals surface area contributed by atoms with Crippen LogP contribution >= 0.6 is 31.9 Å². The molecule has 3 N–H and O–H groups in total. The zero-order chi connectivity index (χ0) is 38.5. The minimum Gasteiger partial charge on any atom is -0.507 e. The van der Waals surface area contributed by atoms with Crippen molar-refractivity contribution in [2.75, 3.05) is 7.11 Å². The molecule has 0 radical (unpaired) electrons. The lowest BCUT2D eigenvalue weighted by Crippen LogP contribution is -2.41. The number of allylic oxidation sites excluding steroid dienone is 4. The molecule has 2 aromatic carbocycles. The van der Waals surface area contributed by atoms with Gasteiger partial charge in [-0.15, -0.1) is 10.2 Å². The van der Waals surface area contributed by atoms with Gasteiger partial charge in [0.05, 0.1) is 19.5 Å². The molecule has 2 amide bonds. The number of ether oxygens (including phenoxy) is 1. The van der Waals surface area contributed by atoms with Crippen LogP contribution in [-0.4, -0.2) is 55.5 Å². The van der Waals surface area contributed by atoms with Gasteiger partial charge in [0.1, 0.15) is 11.5 Å². The number of aromatic hydroxyl groups is 1. The number of hydrogen-bond donors (Lipinski definition) is 3. The summed E-state index contributed by atoms with van der Waals surface area (Å²) in [5.41, 5.74) is 8.35. The van der Waals surface area contributed by atoms with E-state index in [-0.39, 0.29) is 28.6 Å². The minimum atomic E-state index is -0.339. The number of phenols is 1. The molecule has 0 atom stereocenters. The Bertz CT molecular complexity index is 2080. The second-order valence-corrected chi connectivity index (χ2v) is 17.0. The fourth-order valence-corrected chi connectivity index (χ4v) is 7.20. The molecule has 0 fully saturated rings. The lowest BCUT2D eigenvalue weighted by atomic mass is 9.97. The predicted molar refractivity (Wildman–Crippen MR) is 216 cm³/mol. The van der Waals surface area contributed by atoms with Crippen LogP contribution in [0.25, 0.3) is 22.3 Å². The molecule has 2 aliphatic rings. The summed E-state index contributed by atoms with van der Waals surface area (Å²) in [4.78, 5) is 24.9. The number of carbonyl (C=O) groups is 2. The van der Waals surface area contributed by atoms with Crippen molar-refractivity contribution in [3.63, 3.8) is 0 Å². The van der Waals surface area contributed by atoms with Crippen LogP contribution in [-0.2, 0) is 0 Å². The summed E-state index contributed by atoms with van der Waals surface area (Å²) < 4.78 is 7.49. The minimum absolute atomic E-state index is 0.211. The molecule has 0 bridgehead atoms. The molecule has 6 rings (SSSR count). The van der Waals surface area contributed by atoms with Gasteiger partial charge in [0.15, 0.2) is 11.4 Å². The summed E-state index contributed by atoms with van der Waals surface area (Å²) in [5, 5.41) is 32.3. The lowest BCUT2D eigenvalue weighted by Gasteiger charge is -2.20. The smallest absolute Gasteiger partial charge is 0.272 e. The van der Waals surface area contributed by atoms with E-state index in [1.807, 2.05) is 71.9 Å². The molecule has 0 saturated heterocycles. The van der Waals surface area contributed by atoms with Crippen LogP contribution in [0.15, 0.2) is 69.9 Å². The van der Waals surface area contributed by atoms with Gasteiger partial charge in [-0.2, -0.15) is 10.2 Å². The summed E-state index contributed by atoms with van der Waals surface area (Å²) >= 11 is 7.02. The molecular weight excluding hydrogens is 800 g/mol. The van der Waals surface area contributed by atoms with Gasteiger partial charge < -0.3 is 20.5 Å². The number of nitrogens with zero attached hydrogens (tertiary/aromatic N) is 4. The van der Waals surface area contributed by atoms with E-state index >= 15 is 0 Å². The van der Waals surface area contributed by atoms with Crippen molar-refractivity contribution < 1.29 is 19.4 Å². The summed E-state index contributed by atoms with van der Waals surface area (Å²) in [6, 6.07) is 15.1. The molecule has 2 heterocycles. The number of benzene rings is 2. The normalized spacial score (nSPS) is 14.5. The maximum Gasteiger partial charge on any atom is 0.272 e. The Morgan fingerprint density at radius 2 is 1.09 bits per heavy atom. The van der Waals surface area contributed by atoms with Gasteiger partial charge in [0.2, 0.25) is 0 Å². The Labute approximate surface area is 328 Å². The third-order valence-electron chi connectivity index (χ3n) is 8.65. The first-order valence-corrected chi connectivity index (χ1v) is 19.2. The average Bonchev–Trinajstić information content (AvgIpc) is 3.79. The van der Waals surface area contributed by atoms with E-state index in [0.717, 1.165) is 86.6 Å². The summed E-state index contributed by atoms with van der Waals surface area (Å²) in [6.07, 6.45) is 9.15. The van der Waals surface area contributed by atoms with Crippen LogP contribution in [0.2, 0.25) is 0 Å². The van der Waals surface area contributed by atoms with Crippen molar-refractivity contribution in [3.8, 4) is 11.5 Å². The molecule has 10 nitrogen and oxygen atoms in total. The Morgan fingerprint density at radius 3 is 1.57 bits per heavy atom. The van der Waals surface area contributed by atoms with Crippen molar-refractivity contribution in [2.24, 2.45) is 0 Å². The van der Waals surface area contributed by atoms with Crippen LogP contribution in [0.1, 0.15) is 123 Å². The lowest BCUT2D eigenvalue weighted by molar-refractivity contribution is 0.0904. The number of amides is 2. The first kappa shape index (κ1) is 39.8. The monoisotopic (exact) mass is 844 g/mol. The number of carbonyl (C=O) groups excluding carboxylic acids is 2. The van der Waals surface area contributed by atoms with E-state index in [0.29, 0.717) is 11.4 Å². The molecule has 0 aliphatic heterocycles. The number of aromatic nitrogens is 4. The second kappa shape index (κ2) is 16.7. The van der Waals surface area contributed by atoms with Crippen LogP contribution in [0.5, 0.6) is 11.5 Å². The van der Waals surface area contributed by atoms with Gasteiger partial charge in [-0.25, -0.2) is 0 Å². The zero-order valence-electron chi connectivity index (χ0n) is 31.2. The van der Waals surface area contributed by atoms with E-state index in [2.05, 4.69) is 69.0 Å². The highest BCUT2D eigenvalue weighted by Gasteiger charge is 2.25. The number of rotatable bonds is 7. The highest BCUT2D eigenvalue weighted by atomic mass is 79.9. The zero-order valence-corrected chi connectivity index (χ0v) is 34.4. The van der Waals surface area contributed by atoms with E-state index in [1.54, 1.807) is 31.6 Å². The first-order chi connectivity index (χ1) is 25.0. The number of halogens is 2. The molecule has 278 valence electrons. The second-order valence-electron chi connectivity index (χ2n) is 15.2. The standard InChI is InChI=1S/C21H24BrN3O2.C20H22BrN3O2/c1-21(2,3)24-20(26)18-10-13(12-23-25-18)15-6-5-7-16(15)17-11-14(22)8-9-19(17)27-4;1-20(2,3)23-19(26)17-9-12(11-22-24-17)14-5-4-6-15(14)16-10-13(21)7-8-18(16)25/h8-12H,5-7H2,1-4H3,(H,24,26);7-11,25H,4-6H2,1-3H3,(H,23,26). The van der Waals surface area contributed by atoms with Crippen LogP contribution < -0.4 is 15.4 Å². The van der Waals surface area contributed by atoms with Crippen molar-refractivity contribution in [1.82, 2.24) is 31.0 Å². The van der Waals surface area contributed by atoms with Gasteiger partial charge in [-0.05, 0) is 151 Å². The quantitative estimate of drug-likeness (QED) is 0.167. The van der Waals surface area contributed by atoms with E-state index in [4.69, 9.17) is 4.74 Å². The highest BCUT2D eigenvalue weighted by Crippen LogP contribution is 2.44. The van der Waals surface area contributed by atoms with Crippen LogP contribution in [0.4, 0.5) is 0 Å². The maximum atomic E-state index is 12.5. The number of methoxy groups -OCH3 is 1. The molecule has 53 heavy (non-hydrogen) atoms. The molecule has 12 heteroatoms. The van der Waals surface area contributed by atoms with Gasteiger partial charge in [-0.1, -0.05) is 31.9 Å². The molecule has 4 aromatic rings. The third-order valence-corrected chi connectivity index (χ3v) is 9.64. The van der Waals surface area contributed by atoms with Crippen LogP contribution in [0, 0.1) is 0 Å². The van der Waals surface area contributed by atoms with Crippen molar-refractivity contribution >= 4 is 66.0 Å². The number of nitrogens with one attached hydrogen (secondary N) is 2. The highest BCUT2D eigenvalue weighted by molar-refractivity contribution is 9.10. The largest absolute Gasteiger partial charge is 0.507 e. The predicted octanol–water partition coefficient (Wildman–Crippen LogP) is 9.44. The van der Waals surface area contributed by atoms with Gasteiger partial charge in [0, 0.05) is 42.3 Å².